The lowest BCUT2D eigenvalue weighted by atomic mass is 9.88. The molecule has 0 aliphatic heterocycles. The van der Waals surface area contributed by atoms with Gasteiger partial charge in [-0.1, -0.05) is 30.3 Å². The lowest BCUT2D eigenvalue weighted by Crippen LogP contribution is -2.34. The lowest BCUT2D eigenvalue weighted by molar-refractivity contribution is -0.384. The van der Waals surface area contributed by atoms with Crippen LogP contribution in [0.25, 0.3) is 0 Å². The van der Waals surface area contributed by atoms with Crippen LogP contribution >= 0.6 is 0 Å². The average Bonchev–Trinajstić information content (AvgIpc) is 2.60. The van der Waals surface area contributed by atoms with Crippen LogP contribution in [0.2, 0.25) is 0 Å². The Morgan fingerprint density at radius 1 is 1.25 bits per heavy atom. The van der Waals surface area contributed by atoms with Gasteiger partial charge in [0.25, 0.3) is 11.6 Å². The smallest absolute Gasteiger partial charge is 0.273 e. The maximum Gasteiger partial charge on any atom is 0.273 e. The Labute approximate surface area is 139 Å². The van der Waals surface area contributed by atoms with E-state index in [1.165, 1.54) is 23.8 Å². The molecular weight excluding hydrogens is 308 g/mol. The molecule has 2 aromatic rings. The summed E-state index contributed by atoms with van der Waals surface area (Å²) in [5, 5.41) is 13.7. The molecule has 1 aliphatic carbocycles. The van der Waals surface area contributed by atoms with Crippen LogP contribution in [0.4, 0.5) is 5.69 Å². The van der Waals surface area contributed by atoms with Crippen LogP contribution in [-0.2, 0) is 11.2 Å². The van der Waals surface area contributed by atoms with E-state index in [0.29, 0.717) is 5.75 Å². The third-order valence-corrected chi connectivity index (χ3v) is 4.10. The summed E-state index contributed by atoms with van der Waals surface area (Å²) in [5.41, 5.74) is 2.37. The normalized spacial score (nSPS) is 16.1. The molecule has 24 heavy (non-hydrogen) atoms. The number of aryl methyl sites for hydroxylation is 1. The van der Waals surface area contributed by atoms with Gasteiger partial charge in [0.2, 0.25) is 0 Å². The standard InChI is InChI=1S/C18H18N2O4/c21-18(12-24-15-8-4-7-14(11-15)20(22)23)19-17-10-3-6-13-5-1-2-9-16(13)17/h1-2,4-5,7-9,11,17H,3,6,10,12H2,(H,19,21). The van der Waals surface area contributed by atoms with Crippen molar-refractivity contribution < 1.29 is 14.5 Å². The third kappa shape index (κ3) is 3.71. The fourth-order valence-corrected chi connectivity index (χ4v) is 2.98. The highest BCUT2D eigenvalue weighted by molar-refractivity contribution is 5.78. The van der Waals surface area contributed by atoms with Crippen molar-refractivity contribution in [2.24, 2.45) is 0 Å². The van der Waals surface area contributed by atoms with E-state index in [1.54, 1.807) is 6.07 Å². The predicted octanol–water partition coefficient (Wildman–Crippen LogP) is 3.17. The van der Waals surface area contributed by atoms with Crippen LogP contribution in [0.3, 0.4) is 0 Å². The highest BCUT2D eigenvalue weighted by Crippen LogP contribution is 2.29. The molecule has 0 aromatic heterocycles. The molecule has 0 saturated carbocycles. The van der Waals surface area contributed by atoms with E-state index in [1.807, 2.05) is 18.2 Å². The summed E-state index contributed by atoms with van der Waals surface area (Å²) in [7, 11) is 0. The number of nitro benzene ring substituents is 1. The summed E-state index contributed by atoms with van der Waals surface area (Å²) in [5.74, 6) is 0.0756. The molecule has 1 N–H and O–H groups in total. The second kappa shape index (κ2) is 7.12. The largest absolute Gasteiger partial charge is 0.484 e. The number of fused-ring (bicyclic) bond motifs is 1. The van der Waals surface area contributed by atoms with Crippen molar-refractivity contribution in [3.63, 3.8) is 0 Å². The molecule has 0 heterocycles. The summed E-state index contributed by atoms with van der Waals surface area (Å²) in [4.78, 5) is 22.4. The van der Waals surface area contributed by atoms with Crippen molar-refractivity contribution in [2.45, 2.75) is 25.3 Å². The Bertz CT molecular complexity index is 760. The van der Waals surface area contributed by atoms with Gasteiger partial charge in [0.05, 0.1) is 17.0 Å². The van der Waals surface area contributed by atoms with Gasteiger partial charge < -0.3 is 10.1 Å². The molecule has 6 heteroatoms. The molecule has 6 nitrogen and oxygen atoms in total. The van der Waals surface area contributed by atoms with Gasteiger partial charge in [-0.3, -0.25) is 14.9 Å². The second-order valence-electron chi connectivity index (χ2n) is 5.75. The number of carbonyl (C=O) groups excluding carboxylic acids is 1. The molecule has 1 unspecified atom stereocenters. The molecule has 0 saturated heterocycles. The van der Waals surface area contributed by atoms with E-state index in [4.69, 9.17) is 4.74 Å². The Balaban J connectivity index is 1.59. The summed E-state index contributed by atoms with van der Waals surface area (Å²) in [6.07, 6.45) is 2.97. The Morgan fingerprint density at radius 2 is 2.08 bits per heavy atom. The number of rotatable bonds is 5. The molecule has 1 amide bonds. The summed E-state index contributed by atoms with van der Waals surface area (Å²) in [6.45, 7) is -0.167. The van der Waals surface area contributed by atoms with Crippen molar-refractivity contribution in [3.05, 3.63) is 69.8 Å². The summed E-state index contributed by atoms with van der Waals surface area (Å²) < 4.78 is 5.37. The van der Waals surface area contributed by atoms with E-state index >= 15 is 0 Å². The molecule has 0 fully saturated rings. The van der Waals surface area contributed by atoms with Crippen LogP contribution in [-0.4, -0.2) is 17.4 Å². The summed E-state index contributed by atoms with van der Waals surface area (Å²) >= 11 is 0. The number of hydrogen-bond donors (Lipinski definition) is 1. The molecule has 124 valence electrons. The van der Waals surface area contributed by atoms with Gasteiger partial charge >= 0.3 is 0 Å². The number of hydrogen-bond acceptors (Lipinski definition) is 4. The van der Waals surface area contributed by atoms with Gasteiger partial charge in [-0.05, 0) is 36.5 Å². The number of nitrogens with one attached hydrogen (secondary N) is 1. The van der Waals surface area contributed by atoms with E-state index in [9.17, 15) is 14.9 Å². The zero-order valence-electron chi connectivity index (χ0n) is 13.1. The Morgan fingerprint density at radius 3 is 2.92 bits per heavy atom. The number of ether oxygens (including phenoxy) is 1. The zero-order valence-corrected chi connectivity index (χ0v) is 13.1. The van der Waals surface area contributed by atoms with Crippen LogP contribution in [0.5, 0.6) is 5.75 Å². The first-order valence-electron chi connectivity index (χ1n) is 7.88. The van der Waals surface area contributed by atoms with Crippen molar-refractivity contribution >= 4 is 11.6 Å². The van der Waals surface area contributed by atoms with E-state index in [-0.39, 0.29) is 24.2 Å². The van der Waals surface area contributed by atoms with Gasteiger partial charge in [-0.2, -0.15) is 0 Å². The minimum absolute atomic E-state index is 0.00356. The number of nitro groups is 1. The fraction of sp³-hybridized carbons (Fsp3) is 0.278. The monoisotopic (exact) mass is 326 g/mol. The topological polar surface area (TPSA) is 81.5 Å². The first kappa shape index (κ1) is 16.0. The lowest BCUT2D eigenvalue weighted by Gasteiger charge is -2.26. The molecule has 1 atom stereocenters. The van der Waals surface area contributed by atoms with Crippen molar-refractivity contribution in [3.8, 4) is 5.75 Å². The zero-order chi connectivity index (χ0) is 16.9. The first-order chi connectivity index (χ1) is 11.6. The molecule has 3 rings (SSSR count). The third-order valence-electron chi connectivity index (χ3n) is 4.10. The summed E-state index contributed by atoms with van der Waals surface area (Å²) in [6, 6.07) is 13.9. The van der Waals surface area contributed by atoms with Crippen LogP contribution < -0.4 is 10.1 Å². The predicted molar refractivity (Wildman–Crippen MR) is 88.9 cm³/mol. The van der Waals surface area contributed by atoms with Crippen LogP contribution in [0.1, 0.15) is 30.0 Å². The van der Waals surface area contributed by atoms with Crippen molar-refractivity contribution in [1.29, 1.82) is 0 Å². The molecule has 0 bridgehead atoms. The molecular formula is C18H18N2O4. The van der Waals surface area contributed by atoms with Gasteiger partial charge in [0, 0.05) is 6.07 Å². The quantitative estimate of drug-likeness (QED) is 0.676. The van der Waals surface area contributed by atoms with Gasteiger partial charge in [-0.25, -0.2) is 0 Å². The Hall–Kier alpha value is -2.89. The van der Waals surface area contributed by atoms with E-state index < -0.39 is 4.92 Å². The maximum absolute atomic E-state index is 12.1. The average molecular weight is 326 g/mol. The fourth-order valence-electron chi connectivity index (χ4n) is 2.98. The van der Waals surface area contributed by atoms with Crippen molar-refractivity contribution in [2.75, 3.05) is 6.61 Å². The van der Waals surface area contributed by atoms with Crippen molar-refractivity contribution in [1.82, 2.24) is 5.32 Å². The SMILES string of the molecule is O=C(COc1cccc([N+](=O)[O-])c1)NC1CCCc2ccccc21. The maximum atomic E-state index is 12.1. The van der Waals surface area contributed by atoms with Gasteiger partial charge in [0.15, 0.2) is 6.61 Å². The minimum atomic E-state index is -0.494. The number of non-ortho nitro benzene ring substituents is 1. The number of carbonyl (C=O) groups is 1. The highest BCUT2D eigenvalue weighted by atomic mass is 16.6. The Kier molecular flexibility index (Phi) is 4.74. The number of amides is 1. The van der Waals surface area contributed by atoms with Gasteiger partial charge in [0.1, 0.15) is 5.75 Å². The molecule has 2 aromatic carbocycles. The van der Waals surface area contributed by atoms with Gasteiger partial charge in [-0.15, -0.1) is 0 Å². The molecule has 0 radical (unpaired) electrons. The molecule has 0 spiro atoms. The van der Waals surface area contributed by atoms with Crippen LogP contribution in [0.15, 0.2) is 48.5 Å². The van der Waals surface area contributed by atoms with Crippen LogP contribution in [0, 0.1) is 10.1 Å². The molecule has 1 aliphatic rings. The van der Waals surface area contributed by atoms with E-state index in [2.05, 4.69) is 11.4 Å². The minimum Gasteiger partial charge on any atom is -0.484 e. The highest BCUT2D eigenvalue weighted by Gasteiger charge is 2.21. The van der Waals surface area contributed by atoms with E-state index in [0.717, 1.165) is 24.8 Å². The first-order valence-corrected chi connectivity index (χ1v) is 7.88. The number of nitrogens with zero attached hydrogens (tertiary/aromatic N) is 1. The number of benzene rings is 2. The second-order valence-corrected chi connectivity index (χ2v) is 5.75.